The summed E-state index contributed by atoms with van der Waals surface area (Å²) in [6.07, 6.45) is -2.24. The number of rotatable bonds is 3. The molecule has 0 aliphatic carbocycles. The Bertz CT molecular complexity index is 867. The van der Waals surface area contributed by atoms with Crippen LogP contribution >= 0.6 is 15.9 Å². The fourth-order valence-corrected chi connectivity index (χ4v) is 4.27. The van der Waals surface area contributed by atoms with Gasteiger partial charge in [0, 0.05) is 25.6 Å². The lowest BCUT2D eigenvalue weighted by Crippen LogP contribution is -2.29. The molecule has 3 rings (SSSR count). The van der Waals surface area contributed by atoms with E-state index in [0.29, 0.717) is 41.7 Å². The van der Waals surface area contributed by atoms with Crippen LogP contribution < -0.4 is 0 Å². The van der Waals surface area contributed by atoms with E-state index in [1.807, 2.05) is 4.90 Å². The third-order valence-electron chi connectivity index (χ3n) is 4.88. The van der Waals surface area contributed by atoms with Crippen molar-refractivity contribution in [1.82, 2.24) is 4.90 Å². The Kier molecular flexibility index (Phi) is 5.53. The van der Waals surface area contributed by atoms with Gasteiger partial charge in [0.15, 0.2) is 11.5 Å². The van der Waals surface area contributed by atoms with Crippen LogP contribution in [0.25, 0.3) is 0 Å². The highest BCUT2D eigenvalue weighted by Gasteiger charge is 2.37. The van der Waals surface area contributed by atoms with Gasteiger partial charge in [-0.05, 0) is 51.2 Å². The highest BCUT2D eigenvalue weighted by molar-refractivity contribution is 9.10. The van der Waals surface area contributed by atoms with Crippen molar-refractivity contribution in [1.29, 1.82) is 0 Å². The van der Waals surface area contributed by atoms with Gasteiger partial charge in [0.2, 0.25) is 0 Å². The predicted octanol–water partition coefficient (Wildman–Crippen LogP) is 5.06. The minimum absolute atomic E-state index is 0.152. The third kappa shape index (κ3) is 3.84. The Balaban J connectivity index is 2.23. The number of phenols is 2. The average Bonchev–Trinajstić information content (AvgIpc) is 2.79. The minimum Gasteiger partial charge on any atom is -0.504 e. The molecule has 2 N–H and O–H groups in total. The van der Waals surface area contributed by atoms with Gasteiger partial charge in [-0.1, -0.05) is 24.3 Å². The van der Waals surface area contributed by atoms with Gasteiger partial charge in [0.1, 0.15) is 0 Å². The minimum atomic E-state index is -4.48. The predicted molar refractivity (Wildman–Crippen MR) is 101 cm³/mol. The molecule has 1 heterocycles. The van der Waals surface area contributed by atoms with Crippen LogP contribution in [0.1, 0.15) is 28.2 Å². The van der Waals surface area contributed by atoms with E-state index in [-0.39, 0.29) is 17.1 Å². The average molecular weight is 442 g/mol. The molecule has 0 amide bonds. The Hall–Kier alpha value is -1.99. The number of nitrogens with zero attached hydrogens (tertiary/aromatic N) is 1. The van der Waals surface area contributed by atoms with Gasteiger partial charge in [-0.2, -0.15) is 13.2 Å². The summed E-state index contributed by atoms with van der Waals surface area (Å²) in [4.78, 5) is 2.02. The first-order valence-electron chi connectivity index (χ1n) is 8.46. The van der Waals surface area contributed by atoms with Crippen LogP contribution in [0.4, 0.5) is 13.2 Å². The van der Waals surface area contributed by atoms with Crippen LogP contribution in [0, 0.1) is 0 Å². The molecule has 1 aliphatic rings. The molecule has 27 heavy (non-hydrogen) atoms. The lowest BCUT2D eigenvalue weighted by Gasteiger charge is -2.27. The smallest absolute Gasteiger partial charge is 0.416 e. The van der Waals surface area contributed by atoms with E-state index >= 15 is 0 Å². The summed E-state index contributed by atoms with van der Waals surface area (Å²) in [5.41, 5.74) is 0.753. The van der Waals surface area contributed by atoms with Crippen LogP contribution in [-0.2, 0) is 12.6 Å². The van der Waals surface area contributed by atoms with Gasteiger partial charge in [-0.25, -0.2) is 0 Å². The van der Waals surface area contributed by atoms with Crippen molar-refractivity contribution < 1.29 is 23.4 Å². The number of aromatic hydroxyl groups is 2. The fourth-order valence-electron chi connectivity index (χ4n) is 3.64. The summed E-state index contributed by atoms with van der Waals surface area (Å²) in [6, 6.07) is 6.89. The van der Waals surface area contributed by atoms with Crippen molar-refractivity contribution >= 4 is 15.9 Å². The summed E-state index contributed by atoms with van der Waals surface area (Å²) in [5, 5.41) is 20.1. The van der Waals surface area contributed by atoms with Crippen molar-refractivity contribution in [3.05, 3.63) is 69.7 Å². The van der Waals surface area contributed by atoms with Crippen LogP contribution in [-0.4, -0.2) is 34.7 Å². The monoisotopic (exact) mass is 441 g/mol. The standard InChI is InChI=1S/C20H19BrF3NO2/c1-2-8-25-9-7-13-14(10-17(26)19(27)18(13)21)15(11-25)12-5-3-4-6-16(12)20(22,23)24/h2-6,10,15,26-27H,1,7-9,11H2. The molecule has 0 saturated carbocycles. The quantitative estimate of drug-likeness (QED) is 0.516. The highest BCUT2D eigenvalue weighted by Crippen LogP contribution is 2.45. The Labute approximate surface area is 163 Å². The number of fused-ring (bicyclic) bond motifs is 1. The maximum atomic E-state index is 13.6. The maximum Gasteiger partial charge on any atom is 0.416 e. The lowest BCUT2D eigenvalue weighted by molar-refractivity contribution is -0.138. The molecule has 1 atom stereocenters. The van der Waals surface area contributed by atoms with Crippen molar-refractivity contribution in [2.24, 2.45) is 0 Å². The molecule has 0 radical (unpaired) electrons. The normalized spacial score (nSPS) is 18.0. The van der Waals surface area contributed by atoms with Crippen molar-refractivity contribution in [2.75, 3.05) is 19.6 Å². The van der Waals surface area contributed by atoms with Gasteiger partial charge >= 0.3 is 6.18 Å². The summed E-state index contributed by atoms with van der Waals surface area (Å²) in [6.45, 7) is 5.21. The van der Waals surface area contributed by atoms with E-state index < -0.39 is 17.7 Å². The maximum absolute atomic E-state index is 13.6. The zero-order chi connectivity index (χ0) is 19.8. The summed E-state index contributed by atoms with van der Waals surface area (Å²) in [7, 11) is 0. The molecule has 2 aromatic rings. The van der Waals surface area contributed by atoms with E-state index in [4.69, 9.17) is 0 Å². The molecule has 0 saturated heterocycles. The summed E-state index contributed by atoms with van der Waals surface area (Å²) >= 11 is 3.30. The zero-order valence-corrected chi connectivity index (χ0v) is 16.0. The molecular formula is C20H19BrF3NO2. The largest absolute Gasteiger partial charge is 0.504 e. The first kappa shape index (κ1) is 19.8. The van der Waals surface area contributed by atoms with Crippen LogP contribution in [0.2, 0.25) is 0 Å². The molecule has 2 aromatic carbocycles. The van der Waals surface area contributed by atoms with Crippen LogP contribution in [0.15, 0.2) is 47.5 Å². The lowest BCUT2D eigenvalue weighted by atomic mass is 9.85. The topological polar surface area (TPSA) is 43.7 Å². The Morgan fingerprint density at radius 3 is 2.59 bits per heavy atom. The van der Waals surface area contributed by atoms with E-state index in [9.17, 15) is 23.4 Å². The third-order valence-corrected chi connectivity index (χ3v) is 5.73. The highest BCUT2D eigenvalue weighted by atomic mass is 79.9. The van der Waals surface area contributed by atoms with Gasteiger partial charge in [-0.3, -0.25) is 4.90 Å². The summed E-state index contributed by atoms with van der Waals surface area (Å²) < 4.78 is 41.2. The second-order valence-corrected chi connectivity index (χ2v) is 7.35. The van der Waals surface area contributed by atoms with Gasteiger partial charge in [-0.15, -0.1) is 6.58 Å². The van der Waals surface area contributed by atoms with Gasteiger partial charge in [0.25, 0.3) is 0 Å². The molecular weight excluding hydrogens is 423 g/mol. The summed E-state index contributed by atoms with van der Waals surface area (Å²) in [5.74, 6) is -1.26. The number of hydrogen-bond acceptors (Lipinski definition) is 3. The van der Waals surface area contributed by atoms with Crippen molar-refractivity contribution in [3.8, 4) is 11.5 Å². The first-order valence-corrected chi connectivity index (χ1v) is 9.26. The second-order valence-electron chi connectivity index (χ2n) is 6.56. The fraction of sp³-hybridized carbons (Fsp3) is 0.300. The molecule has 0 spiro atoms. The molecule has 0 fully saturated rings. The van der Waals surface area contributed by atoms with E-state index in [1.54, 1.807) is 12.1 Å². The first-order chi connectivity index (χ1) is 12.7. The van der Waals surface area contributed by atoms with E-state index in [1.165, 1.54) is 18.2 Å². The molecule has 1 unspecified atom stereocenters. The van der Waals surface area contributed by atoms with Gasteiger partial charge in [0.05, 0.1) is 10.0 Å². The molecule has 3 nitrogen and oxygen atoms in total. The number of halogens is 4. The second kappa shape index (κ2) is 7.56. The molecule has 7 heteroatoms. The number of phenolic OH excluding ortho intramolecular Hbond substituents is 2. The molecule has 0 aromatic heterocycles. The molecule has 1 aliphatic heterocycles. The number of alkyl halides is 3. The van der Waals surface area contributed by atoms with Gasteiger partial charge < -0.3 is 10.2 Å². The van der Waals surface area contributed by atoms with Crippen LogP contribution in [0.5, 0.6) is 11.5 Å². The van der Waals surface area contributed by atoms with E-state index in [0.717, 1.165) is 6.07 Å². The molecule has 0 bridgehead atoms. The van der Waals surface area contributed by atoms with Crippen molar-refractivity contribution in [2.45, 2.75) is 18.5 Å². The zero-order valence-electron chi connectivity index (χ0n) is 14.4. The van der Waals surface area contributed by atoms with E-state index in [2.05, 4.69) is 22.5 Å². The number of hydrogen-bond donors (Lipinski definition) is 2. The number of benzene rings is 2. The molecule has 144 valence electrons. The van der Waals surface area contributed by atoms with Crippen molar-refractivity contribution in [3.63, 3.8) is 0 Å². The SMILES string of the molecule is C=CCN1CCc2c(cc(O)c(O)c2Br)C(c2ccccc2C(F)(F)F)C1. The van der Waals surface area contributed by atoms with Crippen LogP contribution in [0.3, 0.4) is 0 Å². The Morgan fingerprint density at radius 1 is 1.22 bits per heavy atom. The Morgan fingerprint density at radius 2 is 1.93 bits per heavy atom.